The molecule has 0 saturated carbocycles. The van der Waals surface area contributed by atoms with E-state index in [1.807, 2.05) is 0 Å². The van der Waals surface area contributed by atoms with Gasteiger partial charge in [-0.2, -0.15) is 0 Å². The summed E-state index contributed by atoms with van der Waals surface area (Å²) in [4.78, 5) is 5.14. The van der Waals surface area contributed by atoms with E-state index < -0.39 is 0 Å². The zero-order valence-electron chi connectivity index (χ0n) is 51.3. The summed E-state index contributed by atoms with van der Waals surface area (Å²) < 4.78 is 2.54. The summed E-state index contributed by atoms with van der Waals surface area (Å²) in [7, 11) is 0. The molecule has 2 aliphatic heterocycles. The third-order valence-electron chi connectivity index (χ3n) is 18.0. The monoisotopic (exact) mass is 1060 g/mol. The molecule has 2 aliphatic rings. The summed E-state index contributed by atoms with van der Waals surface area (Å²) in [5.41, 5.74) is 26.1. The second-order valence-corrected chi connectivity index (χ2v) is 29.2. The van der Waals surface area contributed by atoms with Gasteiger partial charge < -0.3 is 14.4 Å². The Kier molecular flexibility index (Phi) is 12.5. The fraction of sp³-hybridized carbons (Fsp3) is 0.299. The van der Waals surface area contributed by atoms with E-state index in [0.717, 1.165) is 17.1 Å². The number of hydrogen-bond acceptors (Lipinski definition) is 2. The summed E-state index contributed by atoms with van der Waals surface area (Å²) >= 11 is 0. The number of nitrogens with zero attached hydrogens (tertiary/aromatic N) is 3. The second kappa shape index (κ2) is 18.7. The molecule has 0 atom stereocenters. The van der Waals surface area contributed by atoms with Crippen molar-refractivity contribution in [3.8, 4) is 16.8 Å². The predicted octanol–water partition coefficient (Wildman–Crippen LogP) is 19.3. The molecule has 10 aromatic rings. The van der Waals surface area contributed by atoms with Crippen molar-refractivity contribution in [2.75, 3.05) is 9.80 Å². The highest BCUT2D eigenvalue weighted by atomic mass is 15.2. The van der Waals surface area contributed by atoms with Crippen LogP contribution in [0.4, 0.5) is 34.1 Å². The van der Waals surface area contributed by atoms with Gasteiger partial charge in [-0.15, -0.1) is 0 Å². The average molecular weight is 1060 g/mol. The SMILES string of the molecule is CC(C)(C)c1ccc(N2c3cc4c(cc3B3c5ccc(N(c6ccccc6)c6ccc(C(C)(C)C)cc6-c6ccccc6)cc5C(C)(C)c5cc(C(C)(C)C)cc2c53)c2cc(C(C)(C)C)ccc2n4-c2ccc(C(C)(C)C)cc2)cc1. The molecule has 0 bridgehead atoms. The maximum atomic E-state index is 2.63. The predicted molar refractivity (Wildman–Crippen MR) is 352 cm³/mol. The maximum Gasteiger partial charge on any atom is 0.247 e. The number of fused-ring (bicyclic) bond motifs is 7. The van der Waals surface area contributed by atoms with Gasteiger partial charge >= 0.3 is 0 Å². The Balaban J connectivity index is 1.18. The van der Waals surface area contributed by atoms with Crippen LogP contribution in [0.25, 0.3) is 38.6 Å². The van der Waals surface area contributed by atoms with Gasteiger partial charge in [0.15, 0.2) is 0 Å². The molecule has 1 aromatic heterocycles. The van der Waals surface area contributed by atoms with Gasteiger partial charge in [0.2, 0.25) is 6.71 Å². The number of rotatable bonds is 6. The van der Waals surface area contributed by atoms with E-state index in [-0.39, 0.29) is 39.2 Å². The Hall–Kier alpha value is -7.56. The Labute approximate surface area is 484 Å². The number of para-hydroxylation sites is 1. The standard InChI is InChI=1S/C77H82BN3/c1-72(2,3)50-28-34-56(35-29-50)80-67-41-33-53(75(10,11)12)43-60(67)61-47-65-69(48-68(61)80)81(57-36-30-51(31-37-57)73(4,5)6)70-45-54(76(13,14)15)44-63-71(70)78(65)64-39-38-58(46-62(64)77(63,16)17)79(55-26-22-19-23-27-55)66-40-32-52(74(7,8)9)42-59(66)49-24-20-18-21-25-49/h18-48H,1-17H3. The molecule has 0 N–H and O–H groups in total. The third-order valence-corrected chi connectivity index (χ3v) is 18.0. The lowest BCUT2D eigenvalue weighted by Gasteiger charge is -2.46. The van der Waals surface area contributed by atoms with Crippen molar-refractivity contribution in [3.63, 3.8) is 0 Å². The van der Waals surface area contributed by atoms with Crippen molar-refractivity contribution in [2.24, 2.45) is 0 Å². The van der Waals surface area contributed by atoms with E-state index in [9.17, 15) is 0 Å². The minimum Gasteiger partial charge on any atom is -0.311 e. The molecule has 81 heavy (non-hydrogen) atoms. The first-order valence-electron chi connectivity index (χ1n) is 29.6. The van der Waals surface area contributed by atoms with Gasteiger partial charge in [0.1, 0.15) is 0 Å². The fourth-order valence-corrected chi connectivity index (χ4v) is 13.1. The maximum absolute atomic E-state index is 2.63. The normalized spacial score (nSPS) is 14.3. The summed E-state index contributed by atoms with van der Waals surface area (Å²) in [6.45, 7) is 39.9. The Morgan fingerprint density at radius 1 is 0.383 bits per heavy atom. The van der Waals surface area contributed by atoms with Gasteiger partial charge in [0.25, 0.3) is 0 Å². The Bertz CT molecular complexity index is 4070. The van der Waals surface area contributed by atoms with Gasteiger partial charge in [-0.1, -0.05) is 226 Å². The van der Waals surface area contributed by atoms with Gasteiger partial charge in [0.05, 0.1) is 16.7 Å². The number of aromatic nitrogens is 1. The van der Waals surface area contributed by atoms with Crippen molar-refractivity contribution in [2.45, 2.75) is 150 Å². The zero-order valence-corrected chi connectivity index (χ0v) is 51.3. The molecule has 0 fully saturated rings. The lowest BCUT2D eigenvalue weighted by molar-refractivity contribution is 0.583. The molecule has 408 valence electrons. The molecule has 0 radical (unpaired) electrons. The van der Waals surface area contributed by atoms with Crippen LogP contribution in [0.2, 0.25) is 0 Å². The molecule has 3 nitrogen and oxygen atoms in total. The molecule has 0 spiro atoms. The fourth-order valence-electron chi connectivity index (χ4n) is 13.1. The average Bonchev–Trinajstić information content (AvgIpc) is 4.00. The van der Waals surface area contributed by atoms with E-state index in [0.29, 0.717) is 0 Å². The van der Waals surface area contributed by atoms with Crippen molar-refractivity contribution < 1.29 is 0 Å². The van der Waals surface area contributed by atoms with Crippen molar-refractivity contribution >= 4 is 79.0 Å². The third kappa shape index (κ3) is 9.22. The van der Waals surface area contributed by atoms with Crippen molar-refractivity contribution in [3.05, 3.63) is 227 Å². The molecule has 3 heterocycles. The summed E-state index contributed by atoms with van der Waals surface area (Å²) in [6, 6.07) is 73.0. The van der Waals surface area contributed by atoms with Crippen LogP contribution >= 0.6 is 0 Å². The van der Waals surface area contributed by atoms with Crippen LogP contribution in [0.3, 0.4) is 0 Å². The number of benzene rings is 9. The van der Waals surface area contributed by atoms with Gasteiger partial charge in [-0.05, 0) is 167 Å². The highest BCUT2D eigenvalue weighted by Gasteiger charge is 2.47. The Morgan fingerprint density at radius 2 is 0.914 bits per heavy atom. The lowest BCUT2D eigenvalue weighted by atomic mass is 9.30. The first-order valence-corrected chi connectivity index (χ1v) is 29.6. The van der Waals surface area contributed by atoms with E-state index >= 15 is 0 Å². The van der Waals surface area contributed by atoms with Crippen LogP contribution in [0.15, 0.2) is 188 Å². The quantitative estimate of drug-likeness (QED) is 0.154. The summed E-state index contributed by atoms with van der Waals surface area (Å²) in [5.74, 6) is 0. The largest absolute Gasteiger partial charge is 0.311 e. The Morgan fingerprint density at radius 3 is 1.51 bits per heavy atom. The smallest absolute Gasteiger partial charge is 0.247 e. The molecule has 0 unspecified atom stereocenters. The second-order valence-electron chi connectivity index (χ2n) is 29.2. The topological polar surface area (TPSA) is 11.4 Å². The summed E-state index contributed by atoms with van der Waals surface area (Å²) in [6.07, 6.45) is 0. The van der Waals surface area contributed by atoms with E-state index in [4.69, 9.17) is 0 Å². The minimum atomic E-state index is -0.381. The van der Waals surface area contributed by atoms with E-state index in [1.165, 1.54) is 111 Å². The highest BCUT2D eigenvalue weighted by molar-refractivity contribution is 6.99. The molecule has 0 saturated heterocycles. The van der Waals surface area contributed by atoms with Gasteiger partial charge in [-0.25, -0.2) is 0 Å². The summed E-state index contributed by atoms with van der Waals surface area (Å²) in [5, 5.41) is 2.56. The van der Waals surface area contributed by atoms with Crippen molar-refractivity contribution in [1.82, 2.24) is 4.57 Å². The molecular weight excluding hydrogens is 978 g/mol. The van der Waals surface area contributed by atoms with Crippen LogP contribution in [0, 0.1) is 0 Å². The first kappa shape index (κ1) is 54.1. The van der Waals surface area contributed by atoms with E-state index in [1.54, 1.807) is 0 Å². The zero-order chi connectivity index (χ0) is 57.5. The molecule has 12 rings (SSSR count). The van der Waals surface area contributed by atoms with Crippen LogP contribution in [0.5, 0.6) is 0 Å². The van der Waals surface area contributed by atoms with Crippen molar-refractivity contribution in [1.29, 1.82) is 0 Å². The molecule has 4 heteroatoms. The minimum absolute atomic E-state index is 0.0119. The molecule has 0 aliphatic carbocycles. The van der Waals surface area contributed by atoms with Crippen LogP contribution < -0.4 is 26.2 Å². The van der Waals surface area contributed by atoms with Gasteiger partial charge in [0, 0.05) is 55.9 Å². The first-order chi connectivity index (χ1) is 38.1. The van der Waals surface area contributed by atoms with E-state index in [2.05, 4.69) is 320 Å². The number of anilines is 6. The molecule has 0 amide bonds. The van der Waals surface area contributed by atoms with Gasteiger partial charge in [-0.3, -0.25) is 0 Å². The van der Waals surface area contributed by atoms with Crippen LogP contribution in [-0.4, -0.2) is 11.3 Å². The lowest BCUT2D eigenvalue weighted by Crippen LogP contribution is -2.64. The highest BCUT2D eigenvalue weighted by Crippen LogP contribution is 2.49. The molecular formula is C77H82BN3. The number of hydrogen-bond donors (Lipinski definition) is 0. The van der Waals surface area contributed by atoms with Crippen LogP contribution in [-0.2, 0) is 32.5 Å². The van der Waals surface area contributed by atoms with Crippen LogP contribution in [0.1, 0.15) is 157 Å². The molecule has 9 aromatic carbocycles.